The van der Waals surface area contributed by atoms with Crippen LogP contribution < -0.4 is 10.6 Å². The van der Waals surface area contributed by atoms with E-state index in [0.717, 1.165) is 32.2 Å². The van der Waals surface area contributed by atoms with Crippen molar-refractivity contribution in [1.82, 2.24) is 14.7 Å². The molecule has 3 fully saturated rings. The molecule has 5 aliphatic rings. The first-order chi connectivity index (χ1) is 23.6. The highest BCUT2D eigenvalue weighted by Crippen LogP contribution is 2.44. The number of fused-ring (bicyclic) bond motifs is 1. The summed E-state index contributed by atoms with van der Waals surface area (Å²) < 4.78 is 0. The number of allylic oxidation sites excluding steroid dienone is 4. The highest BCUT2D eigenvalue weighted by molar-refractivity contribution is 7.99. The lowest BCUT2D eigenvalue weighted by Gasteiger charge is -2.39. The van der Waals surface area contributed by atoms with E-state index in [4.69, 9.17) is 0 Å². The van der Waals surface area contributed by atoms with Crippen LogP contribution in [0.3, 0.4) is 0 Å². The third kappa shape index (κ3) is 8.76. The van der Waals surface area contributed by atoms with Crippen LogP contribution >= 0.6 is 11.8 Å². The monoisotopic (exact) mass is 671 g/mol. The van der Waals surface area contributed by atoms with Gasteiger partial charge in [0, 0.05) is 42.0 Å². The summed E-state index contributed by atoms with van der Waals surface area (Å²) in [4.78, 5) is 8.10. The second-order valence-corrected chi connectivity index (χ2v) is 16.3. The third-order valence-corrected chi connectivity index (χ3v) is 13.1. The molecule has 0 spiro atoms. The predicted molar refractivity (Wildman–Crippen MR) is 210 cm³/mol. The predicted octanol–water partition coefficient (Wildman–Crippen LogP) is 9.77. The molecule has 0 amide bonds. The summed E-state index contributed by atoms with van der Waals surface area (Å²) in [5.74, 6) is 1.16. The van der Waals surface area contributed by atoms with Crippen LogP contribution in [-0.2, 0) is 6.42 Å². The topological polar surface area (TPSA) is 33.8 Å². The van der Waals surface area contributed by atoms with Gasteiger partial charge in [-0.15, -0.1) is 0 Å². The molecule has 1 aromatic rings. The molecule has 2 N–H and O–H groups in total. The summed E-state index contributed by atoms with van der Waals surface area (Å²) >= 11 is 1.98. The molecule has 264 valence electrons. The van der Waals surface area contributed by atoms with E-state index in [1.807, 2.05) is 17.8 Å². The second kappa shape index (κ2) is 17.7. The van der Waals surface area contributed by atoms with Crippen LogP contribution in [0.25, 0.3) is 0 Å². The molecule has 5 nitrogen and oxygen atoms in total. The van der Waals surface area contributed by atoms with Gasteiger partial charge in [-0.1, -0.05) is 82.9 Å². The Hall–Kier alpha value is -2.15. The highest BCUT2D eigenvalue weighted by atomic mass is 32.2. The number of thioether (sulfide) groups is 1. The molecule has 0 bridgehead atoms. The molecule has 1 aromatic carbocycles. The van der Waals surface area contributed by atoms with E-state index in [-0.39, 0.29) is 6.17 Å². The van der Waals surface area contributed by atoms with Crippen molar-refractivity contribution in [2.24, 2.45) is 5.92 Å². The number of anilines is 2. The minimum absolute atomic E-state index is 0.287. The summed E-state index contributed by atoms with van der Waals surface area (Å²) in [5.41, 5.74) is 7.00. The van der Waals surface area contributed by atoms with Crippen LogP contribution in [0.1, 0.15) is 114 Å². The van der Waals surface area contributed by atoms with Crippen LogP contribution in [0.4, 0.5) is 11.4 Å². The standard InChI is InChI=1S/C42H65N5S/c1-5-12-35(13-6-2)46-27-28-47(31-46)36(14-7-3)18-11-15-32-29-39(33-23-25-45(26-24-33)37-16-9-8-10-17-37)41-40(30-32)43-42(44-41)34-19-21-38(48-4)22-20-34/h7,11,14,18-19,21,29-30,33-35,37-38,42-44H,3,5-6,8-10,12-13,15-17,20,22-28,31H2,1-2,4H3/b18-11-,36-14+. The van der Waals surface area contributed by atoms with Crippen molar-refractivity contribution < 1.29 is 0 Å². The van der Waals surface area contributed by atoms with Gasteiger partial charge in [0.2, 0.25) is 0 Å². The van der Waals surface area contributed by atoms with Gasteiger partial charge < -0.3 is 20.4 Å². The number of nitrogens with zero attached hydrogens (tertiary/aromatic N) is 3. The lowest BCUT2D eigenvalue weighted by molar-refractivity contribution is 0.122. The summed E-state index contributed by atoms with van der Waals surface area (Å²) in [6, 6.07) is 6.55. The SMILES string of the molecule is C=C/C=C(\C=C/Cc1cc2c(c(C3CCN(C4CCCCC4)CC3)c1)NC(C1C=CC(SC)CC1)N2)N1CCN(C(CCC)CCC)C1. The van der Waals surface area contributed by atoms with Gasteiger partial charge in [-0.05, 0) is 112 Å². The summed E-state index contributed by atoms with van der Waals surface area (Å²) in [6.07, 6.45) is 34.7. The summed E-state index contributed by atoms with van der Waals surface area (Å²) in [6.45, 7) is 14.5. The van der Waals surface area contributed by atoms with Gasteiger partial charge in [0.15, 0.2) is 0 Å². The van der Waals surface area contributed by atoms with Gasteiger partial charge in [0.25, 0.3) is 0 Å². The van der Waals surface area contributed by atoms with Crippen molar-refractivity contribution in [3.63, 3.8) is 0 Å². The number of hydrogen-bond acceptors (Lipinski definition) is 6. The molecule has 48 heavy (non-hydrogen) atoms. The molecule has 0 aromatic heterocycles. The van der Waals surface area contributed by atoms with Crippen LogP contribution in [0.15, 0.2) is 60.9 Å². The first kappa shape index (κ1) is 35.7. The van der Waals surface area contributed by atoms with E-state index < -0.39 is 0 Å². The summed E-state index contributed by atoms with van der Waals surface area (Å²) in [5, 5.41) is 8.68. The van der Waals surface area contributed by atoms with Crippen LogP contribution in [0, 0.1) is 5.92 Å². The molecule has 2 aliphatic carbocycles. The number of rotatable bonds is 14. The average molecular weight is 672 g/mol. The molecule has 3 aliphatic heterocycles. The maximum absolute atomic E-state index is 4.07. The molecule has 2 saturated heterocycles. The third-order valence-electron chi connectivity index (χ3n) is 12.1. The Labute approximate surface area is 297 Å². The van der Waals surface area contributed by atoms with Crippen molar-refractivity contribution in [3.8, 4) is 0 Å². The van der Waals surface area contributed by atoms with E-state index in [2.05, 4.69) is 94.5 Å². The van der Waals surface area contributed by atoms with E-state index >= 15 is 0 Å². The zero-order valence-corrected chi connectivity index (χ0v) is 31.3. The molecule has 3 atom stereocenters. The number of benzene rings is 1. The largest absolute Gasteiger partial charge is 0.363 e. The molecule has 6 rings (SSSR count). The van der Waals surface area contributed by atoms with Crippen molar-refractivity contribution >= 4 is 23.1 Å². The van der Waals surface area contributed by atoms with Crippen molar-refractivity contribution in [3.05, 3.63) is 72.0 Å². The molecule has 1 saturated carbocycles. The fourth-order valence-corrected chi connectivity index (χ4v) is 9.94. The maximum Gasteiger partial charge on any atom is 0.103 e. The number of hydrogen-bond donors (Lipinski definition) is 2. The van der Waals surface area contributed by atoms with Crippen molar-refractivity contribution in [1.29, 1.82) is 0 Å². The van der Waals surface area contributed by atoms with Gasteiger partial charge >= 0.3 is 0 Å². The van der Waals surface area contributed by atoms with E-state index in [9.17, 15) is 0 Å². The Balaban J connectivity index is 1.16. The zero-order valence-electron chi connectivity index (χ0n) is 30.5. The van der Waals surface area contributed by atoms with Gasteiger partial charge in [0.1, 0.15) is 6.17 Å². The number of nitrogens with one attached hydrogen (secondary N) is 2. The molecule has 0 radical (unpaired) electrons. The van der Waals surface area contributed by atoms with E-state index in [0.29, 0.717) is 23.1 Å². The minimum Gasteiger partial charge on any atom is -0.363 e. The van der Waals surface area contributed by atoms with E-state index in [1.54, 1.807) is 5.56 Å². The van der Waals surface area contributed by atoms with Crippen LogP contribution in [-0.4, -0.2) is 77.3 Å². The first-order valence-electron chi connectivity index (χ1n) is 19.7. The van der Waals surface area contributed by atoms with Gasteiger partial charge in [-0.3, -0.25) is 4.90 Å². The van der Waals surface area contributed by atoms with Crippen LogP contribution in [0.2, 0.25) is 0 Å². The van der Waals surface area contributed by atoms with Crippen molar-refractivity contribution in [2.75, 3.05) is 49.7 Å². The van der Waals surface area contributed by atoms with E-state index in [1.165, 1.54) is 119 Å². The van der Waals surface area contributed by atoms with Gasteiger partial charge in [-0.2, -0.15) is 11.8 Å². The second-order valence-electron chi connectivity index (χ2n) is 15.3. The Morgan fingerprint density at radius 1 is 0.938 bits per heavy atom. The van der Waals surface area contributed by atoms with Crippen molar-refractivity contribution in [2.45, 2.75) is 133 Å². The summed E-state index contributed by atoms with van der Waals surface area (Å²) in [7, 11) is 0. The lowest BCUT2D eigenvalue weighted by atomic mass is 9.84. The molecular formula is C42H65N5S. The Morgan fingerprint density at radius 3 is 2.42 bits per heavy atom. The van der Waals surface area contributed by atoms with Gasteiger partial charge in [0.05, 0.1) is 18.0 Å². The maximum atomic E-state index is 4.07. The number of likely N-dealkylation sites (tertiary alicyclic amines) is 1. The lowest BCUT2D eigenvalue weighted by Crippen LogP contribution is -2.42. The Bertz CT molecular complexity index is 1270. The Morgan fingerprint density at radius 2 is 1.73 bits per heavy atom. The molecule has 3 unspecified atom stereocenters. The molecule has 3 heterocycles. The highest BCUT2D eigenvalue weighted by Gasteiger charge is 2.34. The fourth-order valence-electron chi connectivity index (χ4n) is 9.32. The smallest absolute Gasteiger partial charge is 0.103 e. The normalized spacial score (nSPS) is 26.4. The average Bonchev–Trinajstić information content (AvgIpc) is 3.80. The van der Waals surface area contributed by atoms with Crippen LogP contribution in [0.5, 0.6) is 0 Å². The first-order valence-corrected chi connectivity index (χ1v) is 21.0. The molecular weight excluding hydrogens is 607 g/mol. The number of piperidine rings is 1. The fraction of sp³-hybridized carbons (Fsp3) is 0.667. The zero-order chi connectivity index (χ0) is 33.3. The quantitative estimate of drug-likeness (QED) is 0.151. The van der Waals surface area contributed by atoms with Gasteiger partial charge in [-0.25, -0.2) is 0 Å². The molecule has 6 heteroatoms. The minimum atomic E-state index is 0.287. The Kier molecular flexibility index (Phi) is 13.1.